The zero-order valence-electron chi connectivity index (χ0n) is 13.4. The van der Waals surface area contributed by atoms with Gasteiger partial charge in [-0.15, -0.1) is 10.2 Å². The largest absolute Gasteiger partial charge is 0.390 e. The van der Waals surface area contributed by atoms with Gasteiger partial charge in [0.25, 0.3) is 0 Å². The minimum absolute atomic E-state index is 0.398. The third-order valence-electron chi connectivity index (χ3n) is 4.14. The molecule has 0 spiro atoms. The van der Waals surface area contributed by atoms with Gasteiger partial charge in [0.05, 0.1) is 6.10 Å². The van der Waals surface area contributed by atoms with Crippen LogP contribution in [0.5, 0.6) is 0 Å². The lowest BCUT2D eigenvalue weighted by atomic mass is 9.99. The molecule has 2 aromatic rings. The number of aliphatic hydroxyl groups excluding tert-OH is 1. The number of rotatable bonds is 6. The maximum atomic E-state index is 10.2. The minimum atomic E-state index is -0.398. The smallest absolute Gasteiger partial charge is 0.206 e. The monoisotopic (exact) mass is 333 g/mol. The van der Waals surface area contributed by atoms with Crippen molar-refractivity contribution in [3.05, 3.63) is 24.4 Å². The van der Waals surface area contributed by atoms with Crippen molar-refractivity contribution in [2.75, 3.05) is 31.5 Å². The van der Waals surface area contributed by atoms with Crippen molar-refractivity contribution in [1.29, 1.82) is 0 Å². The molecule has 3 heterocycles. The molecule has 1 fully saturated rings. The maximum Gasteiger partial charge on any atom is 0.206 e. The second-order valence-electron chi connectivity index (χ2n) is 6.15. The molecule has 1 saturated heterocycles. The molecular formula is C16H23N5OS. The highest BCUT2D eigenvalue weighted by atomic mass is 32.1. The number of β-amino-alcohol motifs (C(OH)–C–C–N with tert-alkyl or cyclic N) is 1. The third kappa shape index (κ3) is 4.70. The lowest BCUT2D eigenvalue weighted by Crippen LogP contribution is -2.40. The van der Waals surface area contributed by atoms with Crippen molar-refractivity contribution in [2.24, 2.45) is 5.92 Å². The fourth-order valence-electron chi connectivity index (χ4n) is 2.70. The zero-order valence-corrected chi connectivity index (χ0v) is 14.2. The van der Waals surface area contributed by atoms with Crippen molar-refractivity contribution in [1.82, 2.24) is 20.1 Å². The van der Waals surface area contributed by atoms with Gasteiger partial charge in [0.1, 0.15) is 5.69 Å². The van der Waals surface area contributed by atoms with E-state index in [4.69, 9.17) is 0 Å². The van der Waals surface area contributed by atoms with Crippen LogP contribution in [-0.4, -0.2) is 57.5 Å². The van der Waals surface area contributed by atoms with Gasteiger partial charge in [-0.25, -0.2) is 0 Å². The first-order valence-corrected chi connectivity index (χ1v) is 8.91. The number of nitrogens with one attached hydrogen (secondary N) is 1. The van der Waals surface area contributed by atoms with Gasteiger partial charge < -0.3 is 15.3 Å². The zero-order chi connectivity index (χ0) is 16.1. The number of hydrogen-bond donors (Lipinski definition) is 2. The van der Waals surface area contributed by atoms with Crippen LogP contribution >= 0.6 is 11.3 Å². The Morgan fingerprint density at radius 3 is 2.91 bits per heavy atom. The molecule has 0 aliphatic carbocycles. The number of aliphatic hydroxyl groups is 1. The van der Waals surface area contributed by atoms with E-state index in [1.165, 1.54) is 24.2 Å². The Labute approximate surface area is 140 Å². The highest BCUT2D eigenvalue weighted by molar-refractivity contribution is 7.18. The van der Waals surface area contributed by atoms with Gasteiger partial charge in [-0.05, 0) is 44.0 Å². The summed E-state index contributed by atoms with van der Waals surface area (Å²) in [6, 6.07) is 5.72. The van der Waals surface area contributed by atoms with Crippen LogP contribution in [-0.2, 0) is 0 Å². The normalized spacial score (nSPS) is 18.0. The third-order valence-corrected chi connectivity index (χ3v) is 5.05. The topological polar surface area (TPSA) is 74.2 Å². The number of hydrogen-bond acceptors (Lipinski definition) is 7. The molecule has 2 aromatic heterocycles. The molecule has 0 amide bonds. The highest BCUT2D eigenvalue weighted by Gasteiger charge is 2.18. The van der Waals surface area contributed by atoms with Gasteiger partial charge in [-0.2, -0.15) is 0 Å². The summed E-state index contributed by atoms with van der Waals surface area (Å²) in [5.41, 5.74) is 0.820. The Balaban J connectivity index is 1.46. The van der Waals surface area contributed by atoms with Gasteiger partial charge in [0.2, 0.25) is 5.13 Å². The molecule has 7 heteroatoms. The molecule has 124 valence electrons. The first kappa shape index (κ1) is 16.3. The summed E-state index contributed by atoms with van der Waals surface area (Å²) in [6.45, 7) is 5.67. The van der Waals surface area contributed by atoms with Crippen LogP contribution < -0.4 is 5.32 Å². The quantitative estimate of drug-likeness (QED) is 0.843. The molecular weight excluding hydrogens is 310 g/mol. The van der Waals surface area contributed by atoms with Gasteiger partial charge in [0, 0.05) is 19.3 Å². The molecule has 3 rings (SSSR count). The van der Waals surface area contributed by atoms with E-state index >= 15 is 0 Å². The van der Waals surface area contributed by atoms with Crippen LogP contribution in [0.2, 0.25) is 0 Å². The van der Waals surface area contributed by atoms with Crippen LogP contribution in [0.3, 0.4) is 0 Å². The predicted molar refractivity (Wildman–Crippen MR) is 92.5 cm³/mol. The second-order valence-corrected chi connectivity index (χ2v) is 7.12. The van der Waals surface area contributed by atoms with E-state index < -0.39 is 6.10 Å². The first-order chi connectivity index (χ1) is 11.2. The molecule has 23 heavy (non-hydrogen) atoms. The van der Waals surface area contributed by atoms with Gasteiger partial charge in [-0.3, -0.25) is 4.98 Å². The van der Waals surface area contributed by atoms with E-state index in [1.54, 1.807) is 6.20 Å². The summed E-state index contributed by atoms with van der Waals surface area (Å²) in [5, 5.41) is 23.1. The van der Waals surface area contributed by atoms with Crippen molar-refractivity contribution >= 4 is 16.5 Å². The first-order valence-electron chi connectivity index (χ1n) is 8.10. The molecule has 1 aliphatic rings. The van der Waals surface area contributed by atoms with E-state index in [2.05, 4.69) is 32.3 Å². The summed E-state index contributed by atoms with van der Waals surface area (Å²) >= 11 is 1.45. The lowest BCUT2D eigenvalue weighted by Gasteiger charge is -2.31. The van der Waals surface area contributed by atoms with E-state index in [0.29, 0.717) is 13.1 Å². The van der Waals surface area contributed by atoms with Crippen LogP contribution in [0.15, 0.2) is 24.4 Å². The van der Waals surface area contributed by atoms with Gasteiger partial charge in [0.15, 0.2) is 5.01 Å². The Morgan fingerprint density at radius 1 is 1.35 bits per heavy atom. The fourth-order valence-corrected chi connectivity index (χ4v) is 3.43. The average molecular weight is 333 g/mol. The number of aromatic nitrogens is 3. The van der Waals surface area contributed by atoms with Crippen molar-refractivity contribution in [3.8, 4) is 10.7 Å². The number of nitrogens with zero attached hydrogens (tertiary/aromatic N) is 4. The number of piperidine rings is 1. The SMILES string of the molecule is CC1CCN(C[C@H](O)CNc2nnc(-c3ccccn3)s2)CC1. The Bertz CT molecular complexity index is 598. The minimum Gasteiger partial charge on any atom is -0.390 e. The van der Waals surface area contributed by atoms with E-state index in [0.717, 1.165) is 34.8 Å². The number of anilines is 1. The van der Waals surface area contributed by atoms with E-state index in [9.17, 15) is 5.11 Å². The summed E-state index contributed by atoms with van der Waals surface area (Å²) in [5.74, 6) is 0.813. The summed E-state index contributed by atoms with van der Waals surface area (Å²) in [7, 11) is 0. The maximum absolute atomic E-state index is 10.2. The van der Waals surface area contributed by atoms with Crippen LogP contribution in [0, 0.1) is 5.92 Å². The molecule has 0 unspecified atom stereocenters. The van der Waals surface area contributed by atoms with E-state index in [1.807, 2.05) is 18.2 Å². The van der Waals surface area contributed by atoms with Gasteiger partial charge >= 0.3 is 0 Å². The van der Waals surface area contributed by atoms with Gasteiger partial charge in [-0.1, -0.05) is 24.3 Å². The molecule has 2 N–H and O–H groups in total. The molecule has 6 nitrogen and oxygen atoms in total. The predicted octanol–water partition coefficient (Wildman–Crippen LogP) is 2.10. The molecule has 1 aliphatic heterocycles. The Morgan fingerprint density at radius 2 is 2.17 bits per heavy atom. The molecule has 1 atom stereocenters. The summed E-state index contributed by atoms with van der Waals surface area (Å²) < 4.78 is 0. The molecule has 0 aromatic carbocycles. The lowest BCUT2D eigenvalue weighted by molar-refractivity contribution is 0.0990. The standard InChI is InChI=1S/C16H23N5OS/c1-12-5-8-21(9-6-12)11-13(22)10-18-16-20-19-15(23-16)14-4-2-3-7-17-14/h2-4,7,12-13,22H,5-6,8-11H2,1H3,(H,18,20)/t13-/m1/s1. The van der Waals surface area contributed by atoms with Crippen LogP contribution in [0.1, 0.15) is 19.8 Å². The highest BCUT2D eigenvalue weighted by Crippen LogP contribution is 2.24. The molecule has 0 bridgehead atoms. The number of pyridine rings is 1. The van der Waals surface area contributed by atoms with Crippen molar-refractivity contribution in [2.45, 2.75) is 25.9 Å². The molecule has 0 saturated carbocycles. The summed E-state index contributed by atoms with van der Waals surface area (Å²) in [6.07, 6.45) is 3.80. The van der Waals surface area contributed by atoms with Crippen molar-refractivity contribution < 1.29 is 5.11 Å². The number of likely N-dealkylation sites (tertiary alicyclic amines) is 1. The van der Waals surface area contributed by atoms with E-state index in [-0.39, 0.29) is 0 Å². The Kier molecular flexibility index (Phi) is 5.53. The Hall–Kier alpha value is -1.57. The fraction of sp³-hybridized carbons (Fsp3) is 0.562. The van der Waals surface area contributed by atoms with Crippen LogP contribution in [0.4, 0.5) is 5.13 Å². The van der Waals surface area contributed by atoms with Crippen molar-refractivity contribution in [3.63, 3.8) is 0 Å². The average Bonchev–Trinajstić information content (AvgIpc) is 3.05. The van der Waals surface area contributed by atoms with Crippen LogP contribution in [0.25, 0.3) is 10.7 Å². The molecule has 0 radical (unpaired) electrons. The second kappa shape index (κ2) is 7.81. The summed E-state index contributed by atoms with van der Waals surface area (Å²) in [4.78, 5) is 6.60.